The summed E-state index contributed by atoms with van der Waals surface area (Å²) in [6.07, 6.45) is 10.3. The number of aliphatic imine (C=N–C) groups is 1. The molecule has 2 fully saturated rings. The molecule has 2 N–H and O–H groups in total. The van der Waals surface area contributed by atoms with Gasteiger partial charge in [0.2, 0.25) is 0 Å². The largest absolute Gasteiger partial charge is 0.352 e. The number of aryl methyl sites for hydroxylation is 1. The van der Waals surface area contributed by atoms with Crippen LogP contribution in [0.2, 0.25) is 0 Å². The molecular formula is C18H31N7. The number of rotatable bonds is 4. The molecule has 0 bridgehead atoms. The lowest BCUT2D eigenvalue weighted by Gasteiger charge is -2.24. The van der Waals surface area contributed by atoms with Crippen molar-refractivity contribution in [1.29, 1.82) is 0 Å². The van der Waals surface area contributed by atoms with E-state index in [-0.39, 0.29) is 0 Å². The summed E-state index contributed by atoms with van der Waals surface area (Å²) in [5.41, 5.74) is 0. The maximum absolute atomic E-state index is 4.40. The van der Waals surface area contributed by atoms with E-state index in [1.807, 2.05) is 7.05 Å². The third-order valence-corrected chi connectivity index (χ3v) is 5.98. The summed E-state index contributed by atoms with van der Waals surface area (Å²) >= 11 is 0. The van der Waals surface area contributed by atoms with Gasteiger partial charge in [0.05, 0.1) is 6.54 Å². The van der Waals surface area contributed by atoms with Gasteiger partial charge in [0.1, 0.15) is 5.82 Å². The van der Waals surface area contributed by atoms with Crippen molar-refractivity contribution >= 4 is 5.96 Å². The molecule has 1 saturated carbocycles. The molecule has 7 nitrogen and oxygen atoms in total. The predicted octanol–water partition coefficient (Wildman–Crippen LogP) is 1.30. The van der Waals surface area contributed by atoms with Gasteiger partial charge in [-0.2, -0.15) is 0 Å². The Morgan fingerprint density at radius 1 is 1.12 bits per heavy atom. The Hall–Kier alpha value is -1.63. The molecular weight excluding hydrogens is 314 g/mol. The molecule has 0 aromatic carbocycles. The summed E-state index contributed by atoms with van der Waals surface area (Å²) in [5.74, 6) is 3.04. The first-order valence-corrected chi connectivity index (χ1v) is 9.95. The molecule has 4 rings (SSSR count). The number of hydrogen-bond donors (Lipinski definition) is 2. The molecule has 1 aliphatic carbocycles. The zero-order valence-electron chi connectivity index (χ0n) is 15.4. The normalized spacial score (nSPS) is 25.3. The lowest BCUT2D eigenvalue weighted by molar-refractivity contribution is 0.242. The number of nitrogens with one attached hydrogen (secondary N) is 2. The maximum Gasteiger partial charge on any atom is 0.191 e. The molecule has 1 aromatic rings. The molecule has 2 aliphatic heterocycles. The van der Waals surface area contributed by atoms with Gasteiger partial charge >= 0.3 is 0 Å². The van der Waals surface area contributed by atoms with Gasteiger partial charge < -0.3 is 15.2 Å². The second-order valence-corrected chi connectivity index (χ2v) is 7.63. The molecule has 3 heterocycles. The molecule has 1 aromatic heterocycles. The summed E-state index contributed by atoms with van der Waals surface area (Å²) in [7, 11) is 1.85. The van der Waals surface area contributed by atoms with Crippen LogP contribution in [-0.2, 0) is 19.5 Å². The molecule has 25 heavy (non-hydrogen) atoms. The summed E-state index contributed by atoms with van der Waals surface area (Å²) in [6, 6.07) is 1.32. The number of hydrogen-bond acceptors (Lipinski definition) is 4. The zero-order chi connectivity index (χ0) is 17.1. The number of likely N-dealkylation sites (tertiary alicyclic amines) is 1. The van der Waals surface area contributed by atoms with Gasteiger partial charge in [0.25, 0.3) is 0 Å². The third-order valence-electron chi connectivity index (χ3n) is 5.98. The average molecular weight is 345 g/mol. The molecule has 3 aliphatic rings. The average Bonchev–Trinajstić information content (AvgIpc) is 3.38. The Bertz CT molecular complexity index is 603. The number of guanidine groups is 1. The van der Waals surface area contributed by atoms with E-state index in [1.165, 1.54) is 51.5 Å². The molecule has 0 spiro atoms. The van der Waals surface area contributed by atoms with Crippen LogP contribution in [0.25, 0.3) is 0 Å². The van der Waals surface area contributed by atoms with Gasteiger partial charge in [-0.25, -0.2) is 0 Å². The lowest BCUT2D eigenvalue weighted by atomic mass is 10.2. The number of nitrogens with zero attached hydrogens (tertiary/aromatic N) is 5. The smallest absolute Gasteiger partial charge is 0.191 e. The summed E-state index contributed by atoms with van der Waals surface area (Å²) in [4.78, 5) is 7.08. The van der Waals surface area contributed by atoms with Crippen molar-refractivity contribution in [3.8, 4) is 0 Å². The fourth-order valence-electron chi connectivity index (χ4n) is 4.56. The van der Waals surface area contributed by atoms with Crippen molar-refractivity contribution in [3.05, 3.63) is 11.6 Å². The topological polar surface area (TPSA) is 70.4 Å². The Morgan fingerprint density at radius 2 is 2.00 bits per heavy atom. The van der Waals surface area contributed by atoms with Crippen LogP contribution in [0.1, 0.15) is 56.6 Å². The molecule has 0 radical (unpaired) electrons. The summed E-state index contributed by atoms with van der Waals surface area (Å²) in [6.45, 7) is 4.10. The van der Waals surface area contributed by atoms with Gasteiger partial charge in [-0.1, -0.05) is 12.8 Å². The Labute approximate surface area is 150 Å². The molecule has 0 amide bonds. The van der Waals surface area contributed by atoms with Crippen molar-refractivity contribution in [3.63, 3.8) is 0 Å². The molecule has 138 valence electrons. The van der Waals surface area contributed by atoms with Crippen LogP contribution in [0.3, 0.4) is 0 Å². The molecule has 1 unspecified atom stereocenters. The predicted molar refractivity (Wildman–Crippen MR) is 98.5 cm³/mol. The summed E-state index contributed by atoms with van der Waals surface area (Å²) in [5, 5.41) is 15.7. The minimum absolute atomic E-state index is 0.499. The van der Waals surface area contributed by atoms with Crippen molar-refractivity contribution < 1.29 is 0 Å². The first kappa shape index (κ1) is 16.8. The van der Waals surface area contributed by atoms with Crippen LogP contribution in [0.15, 0.2) is 4.99 Å². The van der Waals surface area contributed by atoms with Gasteiger partial charge in [0, 0.05) is 45.2 Å². The van der Waals surface area contributed by atoms with E-state index in [0.717, 1.165) is 43.2 Å². The highest BCUT2D eigenvalue weighted by Crippen LogP contribution is 2.26. The fraction of sp³-hybridized carbons (Fsp3) is 0.833. The quantitative estimate of drug-likeness (QED) is 0.636. The first-order valence-electron chi connectivity index (χ1n) is 9.95. The van der Waals surface area contributed by atoms with Gasteiger partial charge in [-0.15, -0.1) is 10.2 Å². The van der Waals surface area contributed by atoms with Crippen LogP contribution in [0.5, 0.6) is 0 Å². The van der Waals surface area contributed by atoms with E-state index >= 15 is 0 Å². The second-order valence-electron chi connectivity index (χ2n) is 7.63. The van der Waals surface area contributed by atoms with E-state index < -0.39 is 0 Å². The zero-order valence-corrected chi connectivity index (χ0v) is 15.4. The Morgan fingerprint density at radius 3 is 2.84 bits per heavy atom. The number of fused-ring (bicyclic) bond motifs is 1. The fourth-order valence-corrected chi connectivity index (χ4v) is 4.56. The monoisotopic (exact) mass is 345 g/mol. The van der Waals surface area contributed by atoms with Gasteiger partial charge in [-0.05, 0) is 32.1 Å². The van der Waals surface area contributed by atoms with Gasteiger partial charge in [-0.3, -0.25) is 9.89 Å². The van der Waals surface area contributed by atoms with Gasteiger partial charge in [0.15, 0.2) is 11.8 Å². The van der Waals surface area contributed by atoms with Crippen molar-refractivity contribution in [1.82, 2.24) is 30.3 Å². The maximum atomic E-state index is 4.40. The molecule has 1 saturated heterocycles. The third kappa shape index (κ3) is 3.81. The van der Waals surface area contributed by atoms with E-state index in [2.05, 4.69) is 35.3 Å². The van der Waals surface area contributed by atoms with Crippen LogP contribution < -0.4 is 10.6 Å². The van der Waals surface area contributed by atoms with Crippen LogP contribution in [0, 0.1) is 0 Å². The van der Waals surface area contributed by atoms with Crippen molar-refractivity contribution in [2.75, 3.05) is 20.1 Å². The SMILES string of the molecule is CN=C(NCc1nnc2n1CCCC2)NC1CCN(C2CCCC2)C1. The van der Waals surface area contributed by atoms with Crippen LogP contribution in [0.4, 0.5) is 0 Å². The second kappa shape index (κ2) is 7.72. The summed E-state index contributed by atoms with van der Waals surface area (Å²) < 4.78 is 2.27. The van der Waals surface area contributed by atoms with E-state index in [4.69, 9.17) is 0 Å². The molecule has 1 atom stereocenters. The van der Waals surface area contributed by atoms with E-state index in [0.29, 0.717) is 12.6 Å². The van der Waals surface area contributed by atoms with Crippen LogP contribution >= 0.6 is 0 Å². The highest BCUT2D eigenvalue weighted by Gasteiger charge is 2.30. The van der Waals surface area contributed by atoms with Crippen molar-refractivity contribution in [2.45, 2.75) is 76.5 Å². The highest BCUT2D eigenvalue weighted by atomic mass is 15.3. The minimum Gasteiger partial charge on any atom is -0.352 e. The minimum atomic E-state index is 0.499. The Balaban J connectivity index is 1.28. The van der Waals surface area contributed by atoms with E-state index in [9.17, 15) is 0 Å². The lowest BCUT2D eigenvalue weighted by Crippen LogP contribution is -2.45. The number of aromatic nitrogens is 3. The van der Waals surface area contributed by atoms with Crippen LogP contribution in [-0.4, -0.2) is 57.8 Å². The first-order chi connectivity index (χ1) is 12.3. The van der Waals surface area contributed by atoms with E-state index in [1.54, 1.807) is 0 Å². The van der Waals surface area contributed by atoms with Crippen molar-refractivity contribution in [2.24, 2.45) is 4.99 Å². The highest BCUT2D eigenvalue weighted by molar-refractivity contribution is 5.79. The molecule has 7 heteroatoms. The standard InChI is InChI=1S/C18H31N7/c1-19-18(20-12-17-23-22-16-8-4-5-10-25(16)17)21-14-9-11-24(13-14)15-6-2-3-7-15/h14-15H,2-13H2,1H3,(H2,19,20,21). The Kier molecular flexibility index (Phi) is 5.20.